The van der Waals surface area contributed by atoms with Crippen LogP contribution in [-0.2, 0) is 13.6 Å². The van der Waals surface area contributed by atoms with Gasteiger partial charge in [0.05, 0.1) is 12.7 Å². The van der Waals surface area contributed by atoms with Gasteiger partial charge in [-0.2, -0.15) is 5.10 Å². The summed E-state index contributed by atoms with van der Waals surface area (Å²) in [5, 5.41) is 8.79. The van der Waals surface area contributed by atoms with E-state index in [1.165, 1.54) is 6.42 Å². The molecule has 1 aliphatic rings. The van der Waals surface area contributed by atoms with E-state index in [-0.39, 0.29) is 5.41 Å². The summed E-state index contributed by atoms with van der Waals surface area (Å²) < 4.78 is 1.81. The number of hydrogen-bond acceptors (Lipinski definition) is 3. The Morgan fingerprint density at radius 2 is 2.33 bits per heavy atom. The fourth-order valence-corrected chi connectivity index (χ4v) is 2.92. The van der Waals surface area contributed by atoms with Gasteiger partial charge in [-0.15, -0.1) is 0 Å². The molecule has 0 aliphatic carbocycles. The normalized spacial score (nSPS) is 23.1. The Balaban J connectivity index is 1.96. The first kappa shape index (κ1) is 13.5. The minimum atomic E-state index is 0.288. The van der Waals surface area contributed by atoms with E-state index in [9.17, 15) is 0 Å². The number of thioether (sulfide) groups is 1. The van der Waals surface area contributed by atoms with Gasteiger partial charge >= 0.3 is 0 Å². The van der Waals surface area contributed by atoms with E-state index in [4.69, 9.17) is 0 Å². The van der Waals surface area contributed by atoms with Crippen molar-refractivity contribution in [2.45, 2.75) is 39.8 Å². The first-order valence-corrected chi connectivity index (χ1v) is 7.35. The topological polar surface area (TPSA) is 42.2 Å². The molecule has 4 nitrogen and oxygen atoms in total. The Labute approximate surface area is 113 Å². The minimum absolute atomic E-state index is 0.288. The highest BCUT2D eigenvalue weighted by Gasteiger charge is 2.28. The number of aryl methyl sites for hydroxylation is 1. The predicted octanol–water partition coefficient (Wildman–Crippen LogP) is 2.42. The Bertz CT molecular complexity index is 430. The second kappa shape index (κ2) is 5.34. The molecule has 0 amide bonds. The van der Waals surface area contributed by atoms with Crippen LogP contribution in [0.2, 0.25) is 0 Å². The maximum atomic E-state index is 4.65. The number of aliphatic imine (C=N–C) groups is 1. The van der Waals surface area contributed by atoms with Gasteiger partial charge in [0.1, 0.15) is 0 Å². The van der Waals surface area contributed by atoms with Crippen LogP contribution in [0.25, 0.3) is 0 Å². The Hall–Kier alpha value is -0.970. The van der Waals surface area contributed by atoms with Gasteiger partial charge in [0.15, 0.2) is 5.17 Å². The predicted molar refractivity (Wildman–Crippen MR) is 77.8 cm³/mol. The Kier molecular flexibility index (Phi) is 4.00. The van der Waals surface area contributed by atoms with Crippen molar-refractivity contribution in [3.63, 3.8) is 0 Å². The molecule has 0 bridgehead atoms. The second-order valence-corrected chi connectivity index (χ2v) is 6.93. The zero-order valence-electron chi connectivity index (χ0n) is 11.6. The van der Waals surface area contributed by atoms with Crippen LogP contribution in [0.3, 0.4) is 0 Å². The Morgan fingerprint density at radius 1 is 1.56 bits per heavy atom. The van der Waals surface area contributed by atoms with Gasteiger partial charge in [-0.1, -0.05) is 32.5 Å². The molecule has 0 saturated carbocycles. The molecule has 2 rings (SSSR count). The average molecular weight is 266 g/mol. The molecule has 1 unspecified atom stereocenters. The summed E-state index contributed by atoms with van der Waals surface area (Å²) >= 11 is 1.82. The van der Waals surface area contributed by atoms with Crippen LogP contribution in [0.5, 0.6) is 0 Å². The number of hydrogen-bond donors (Lipinski definition) is 1. The lowest BCUT2D eigenvalue weighted by atomic mass is 9.85. The van der Waals surface area contributed by atoms with Crippen LogP contribution >= 0.6 is 11.8 Å². The lowest BCUT2D eigenvalue weighted by Gasteiger charge is -2.35. The molecule has 1 N–H and O–H groups in total. The van der Waals surface area contributed by atoms with E-state index in [0.29, 0.717) is 12.6 Å². The lowest BCUT2D eigenvalue weighted by Crippen LogP contribution is -2.46. The van der Waals surface area contributed by atoms with Crippen LogP contribution < -0.4 is 5.32 Å². The molecule has 1 aromatic heterocycles. The third-order valence-electron chi connectivity index (χ3n) is 3.15. The van der Waals surface area contributed by atoms with Gasteiger partial charge in [0.2, 0.25) is 0 Å². The molecule has 1 saturated heterocycles. The van der Waals surface area contributed by atoms with Crippen LogP contribution in [0.15, 0.2) is 17.4 Å². The largest absolute Gasteiger partial charge is 0.362 e. The minimum Gasteiger partial charge on any atom is -0.362 e. The van der Waals surface area contributed by atoms with E-state index >= 15 is 0 Å². The fourth-order valence-electron chi connectivity index (χ4n) is 1.99. The standard InChI is InChI=1S/C13H22N4S/c1-13(2,3)11-5-6-18-12(16-11)14-7-10-8-15-17(4)9-10/h8-9,11H,5-7H2,1-4H3,(H,14,16). The molecule has 1 fully saturated rings. The van der Waals surface area contributed by atoms with E-state index in [1.54, 1.807) is 0 Å². The number of amidine groups is 1. The summed E-state index contributed by atoms with van der Waals surface area (Å²) in [6.45, 7) is 7.54. The van der Waals surface area contributed by atoms with Gasteiger partial charge in [-0.3, -0.25) is 9.67 Å². The molecule has 1 aromatic rings. The summed E-state index contributed by atoms with van der Waals surface area (Å²) in [7, 11) is 1.93. The van der Waals surface area contributed by atoms with Gasteiger partial charge in [0, 0.05) is 30.6 Å². The van der Waals surface area contributed by atoms with Crippen molar-refractivity contribution in [2.24, 2.45) is 17.5 Å². The zero-order chi connectivity index (χ0) is 13.2. The van der Waals surface area contributed by atoms with Crippen LogP contribution in [0, 0.1) is 5.41 Å². The molecule has 2 heterocycles. The molecule has 100 valence electrons. The summed E-state index contributed by atoms with van der Waals surface area (Å²) in [5.74, 6) is 1.15. The fraction of sp³-hybridized carbons (Fsp3) is 0.692. The molecule has 0 aromatic carbocycles. The number of nitrogens with zero attached hydrogens (tertiary/aromatic N) is 3. The summed E-state index contributed by atoms with van der Waals surface area (Å²) in [6.07, 6.45) is 5.09. The molecule has 0 spiro atoms. The average Bonchev–Trinajstić information content (AvgIpc) is 2.72. The first-order chi connectivity index (χ1) is 8.45. The number of nitrogens with one attached hydrogen (secondary N) is 1. The maximum absolute atomic E-state index is 4.65. The van der Waals surface area contributed by atoms with Crippen LogP contribution in [0.4, 0.5) is 0 Å². The quantitative estimate of drug-likeness (QED) is 0.894. The lowest BCUT2D eigenvalue weighted by molar-refractivity contribution is 0.290. The van der Waals surface area contributed by atoms with Gasteiger partial charge in [-0.05, 0) is 11.8 Å². The SMILES string of the molecule is Cn1cc(CN=C2NC(C(C)(C)C)CCS2)cn1. The van der Waals surface area contributed by atoms with Crippen molar-refractivity contribution in [2.75, 3.05) is 5.75 Å². The van der Waals surface area contributed by atoms with Crippen molar-refractivity contribution in [3.8, 4) is 0 Å². The summed E-state index contributed by atoms with van der Waals surface area (Å²) in [5.41, 5.74) is 1.45. The maximum Gasteiger partial charge on any atom is 0.157 e. The number of aromatic nitrogens is 2. The zero-order valence-corrected chi connectivity index (χ0v) is 12.4. The van der Waals surface area contributed by atoms with E-state index in [1.807, 2.05) is 35.9 Å². The smallest absolute Gasteiger partial charge is 0.157 e. The van der Waals surface area contributed by atoms with Crippen LogP contribution in [0.1, 0.15) is 32.8 Å². The van der Waals surface area contributed by atoms with Gasteiger partial charge in [0.25, 0.3) is 0 Å². The highest BCUT2D eigenvalue weighted by Crippen LogP contribution is 2.27. The van der Waals surface area contributed by atoms with E-state index in [0.717, 1.165) is 16.5 Å². The summed E-state index contributed by atoms with van der Waals surface area (Å²) in [4.78, 5) is 4.65. The molecular weight excluding hydrogens is 244 g/mol. The monoisotopic (exact) mass is 266 g/mol. The van der Waals surface area contributed by atoms with Crippen molar-refractivity contribution < 1.29 is 0 Å². The third-order valence-corrected chi connectivity index (χ3v) is 4.11. The van der Waals surface area contributed by atoms with E-state index in [2.05, 4.69) is 36.2 Å². The van der Waals surface area contributed by atoms with Gasteiger partial charge in [-0.25, -0.2) is 0 Å². The molecule has 1 atom stereocenters. The van der Waals surface area contributed by atoms with Gasteiger partial charge < -0.3 is 5.32 Å². The van der Waals surface area contributed by atoms with Crippen molar-refractivity contribution in [1.29, 1.82) is 0 Å². The number of rotatable bonds is 2. The highest BCUT2D eigenvalue weighted by atomic mass is 32.2. The molecular formula is C13H22N4S. The van der Waals surface area contributed by atoms with Crippen molar-refractivity contribution >= 4 is 16.9 Å². The third kappa shape index (κ3) is 3.51. The second-order valence-electron chi connectivity index (χ2n) is 5.84. The molecule has 1 aliphatic heterocycles. The van der Waals surface area contributed by atoms with Crippen molar-refractivity contribution in [1.82, 2.24) is 15.1 Å². The highest BCUT2D eigenvalue weighted by molar-refractivity contribution is 8.13. The first-order valence-electron chi connectivity index (χ1n) is 6.36. The Morgan fingerprint density at radius 3 is 2.94 bits per heavy atom. The van der Waals surface area contributed by atoms with Crippen molar-refractivity contribution in [3.05, 3.63) is 18.0 Å². The summed E-state index contributed by atoms with van der Waals surface area (Å²) in [6, 6.07) is 0.520. The van der Waals surface area contributed by atoms with E-state index < -0.39 is 0 Å². The van der Waals surface area contributed by atoms with Crippen LogP contribution in [-0.4, -0.2) is 26.7 Å². The molecule has 18 heavy (non-hydrogen) atoms. The molecule has 0 radical (unpaired) electrons. The molecule has 5 heteroatoms.